The lowest BCUT2D eigenvalue weighted by Gasteiger charge is -2.39. The molecule has 0 radical (unpaired) electrons. The van der Waals surface area contributed by atoms with Gasteiger partial charge in [-0.05, 0) is 35.4 Å². The molecule has 8 heteroatoms. The highest BCUT2D eigenvalue weighted by Gasteiger charge is 2.42. The van der Waals surface area contributed by atoms with E-state index < -0.39 is 12.0 Å². The third-order valence-electron chi connectivity index (χ3n) is 5.82. The maximum absolute atomic E-state index is 13.6. The van der Waals surface area contributed by atoms with Gasteiger partial charge in [0.25, 0.3) is 5.91 Å². The topological polar surface area (TPSA) is 90.0 Å². The van der Waals surface area contributed by atoms with Crippen LogP contribution < -0.4 is 19.5 Å². The normalized spacial score (nSPS) is 17.2. The van der Waals surface area contributed by atoms with Crippen molar-refractivity contribution in [3.8, 4) is 17.4 Å². The number of rotatable bonds is 6. The fourth-order valence-corrected chi connectivity index (χ4v) is 4.21. The Bertz CT molecular complexity index is 1180. The number of hydrogen-bond donors (Lipinski definition) is 1. The summed E-state index contributed by atoms with van der Waals surface area (Å²) < 4.78 is 15.9. The van der Waals surface area contributed by atoms with Gasteiger partial charge in [-0.3, -0.25) is 9.59 Å². The average molecular weight is 447 g/mol. The first-order chi connectivity index (χ1) is 16.0. The van der Waals surface area contributed by atoms with E-state index in [1.165, 1.54) is 13.3 Å². The van der Waals surface area contributed by atoms with Gasteiger partial charge in [0, 0.05) is 18.7 Å². The van der Waals surface area contributed by atoms with Crippen LogP contribution in [0.25, 0.3) is 0 Å². The third kappa shape index (κ3) is 4.07. The van der Waals surface area contributed by atoms with Crippen LogP contribution in [-0.2, 0) is 4.79 Å². The number of likely N-dealkylation sites (N-methyl/N-ethyl adjacent to an activating group) is 1. The molecule has 1 aromatic heterocycles. The summed E-state index contributed by atoms with van der Waals surface area (Å²) in [6.45, 7) is 0. The molecule has 8 nitrogen and oxygen atoms in total. The van der Waals surface area contributed by atoms with Crippen molar-refractivity contribution in [1.29, 1.82) is 0 Å². The van der Waals surface area contributed by atoms with Crippen LogP contribution in [0.2, 0.25) is 0 Å². The Labute approximate surface area is 192 Å². The van der Waals surface area contributed by atoms with E-state index in [1.54, 1.807) is 62.6 Å². The van der Waals surface area contributed by atoms with Crippen molar-refractivity contribution in [2.75, 3.05) is 33.7 Å². The third-order valence-corrected chi connectivity index (χ3v) is 5.82. The second-order valence-corrected chi connectivity index (χ2v) is 7.62. The van der Waals surface area contributed by atoms with Crippen LogP contribution in [0, 0.1) is 0 Å². The highest BCUT2D eigenvalue weighted by Crippen LogP contribution is 2.44. The molecule has 2 atom stereocenters. The molecule has 2 heterocycles. The fourth-order valence-electron chi connectivity index (χ4n) is 4.21. The monoisotopic (exact) mass is 447 g/mol. The van der Waals surface area contributed by atoms with E-state index >= 15 is 0 Å². The van der Waals surface area contributed by atoms with Crippen LogP contribution in [0.4, 0.5) is 5.69 Å². The molecule has 2 amide bonds. The van der Waals surface area contributed by atoms with Crippen molar-refractivity contribution in [3.63, 3.8) is 0 Å². The molecular formula is C25H25N3O5. The van der Waals surface area contributed by atoms with Crippen LogP contribution in [0.5, 0.6) is 17.4 Å². The predicted molar refractivity (Wildman–Crippen MR) is 123 cm³/mol. The van der Waals surface area contributed by atoms with Crippen molar-refractivity contribution < 1.29 is 23.8 Å². The Morgan fingerprint density at radius 1 is 0.970 bits per heavy atom. The van der Waals surface area contributed by atoms with E-state index in [-0.39, 0.29) is 11.8 Å². The highest BCUT2D eigenvalue weighted by molar-refractivity contribution is 6.04. The molecule has 0 fully saturated rings. The lowest BCUT2D eigenvalue weighted by molar-refractivity contribution is -0.119. The van der Waals surface area contributed by atoms with Crippen LogP contribution in [-0.4, -0.2) is 50.1 Å². The molecule has 3 aromatic rings. The zero-order chi connectivity index (χ0) is 23.5. The molecule has 0 bridgehead atoms. The van der Waals surface area contributed by atoms with Gasteiger partial charge in [-0.25, -0.2) is 4.98 Å². The lowest BCUT2D eigenvalue weighted by atomic mass is 9.79. The van der Waals surface area contributed by atoms with E-state index in [9.17, 15) is 9.59 Å². The van der Waals surface area contributed by atoms with Crippen LogP contribution >= 0.6 is 0 Å². The number of benzene rings is 2. The van der Waals surface area contributed by atoms with Gasteiger partial charge in [0.1, 0.15) is 0 Å². The Morgan fingerprint density at radius 3 is 2.39 bits per heavy atom. The summed E-state index contributed by atoms with van der Waals surface area (Å²) in [5.74, 6) is 0.465. The van der Waals surface area contributed by atoms with E-state index in [2.05, 4.69) is 10.3 Å². The van der Waals surface area contributed by atoms with Gasteiger partial charge >= 0.3 is 0 Å². The lowest BCUT2D eigenvalue weighted by Crippen LogP contribution is -2.44. The number of ether oxygens (including phenoxy) is 3. The minimum Gasteiger partial charge on any atom is -0.493 e. The standard InChI is InChI=1S/C25H25N3O5/c1-28-23(15-9-11-19(31-2)20(13-15)32-3)22(17-7-5-6-8-18(17)25(28)30)24(29)27-16-10-12-21(33-4)26-14-16/h5-14,22-23H,1-4H3,(H,27,29). The number of anilines is 1. The number of carbonyl (C=O) groups is 2. The first-order valence-corrected chi connectivity index (χ1v) is 10.4. The summed E-state index contributed by atoms with van der Waals surface area (Å²) in [4.78, 5) is 32.6. The Balaban J connectivity index is 1.79. The van der Waals surface area contributed by atoms with Crippen molar-refractivity contribution in [2.24, 2.45) is 0 Å². The van der Waals surface area contributed by atoms with Gasteiger partial charge in [0.05, 0.1) is 45.2 Å². The molecule has 0 spiro atoms. The van der Waals surface area contributed by atoms with E-state index in [0.29, 0.717) is 34.2 Å². The highest BCUT2D eigenvalue weighted by atomic mass is 16.5. The van der Waals surface area contributed by atoms with Gasteiger partial charge in [0.2, 0.25) is 11.8 Å². The van der Waals surface area contributed by atoms with Crippen LogP contribution in [0.1, 0.15) is 33.4 Å². The zero-order valence-corrected chi connectivity index (χ0v) is 18.9. The Morgan fingerprint density at radius 2 is 1.73 bits per heavy atom. The van der Waals surface area contributed by atoms with Crippen molar-refractivity contribution >= 4 is 17.5 Å². The SMILES string of the molecule is COc1ccc(NC(=O)C2c3ccccc3C(=O)N(C)C2c2ccc(OC)c(OC)c2)cn1. The van der Waals surface area contributed by atoms with Gasteiger partial charge in [-0.2, -0.15) is 0 Å². The van der Waals surface area contributed by atoms with Gasteiger partial charge in [-0.1, -0.05) is 24.3 Å². The summed E-state index contributed by atoms with van der Waals surface area (Å²) in [6, 6.07) is 15.5. The molecule has 2 unspecified atom stereocenters. The van der Waals surface area contributed by atoms with Crippen molar-refractivity contribution in [2.45, 2.75) is 12.0 Å². The second kappa shape index (κ2) is 9.20. The largest absolute Gasteiger partial charge is 0.493 e. The molecule has 0 aliphatic carbocycles. The number of carbonyl (C=O) groups excluding carboxylic acids is 2. The molecule has 4 rings (SSSR count). The van der Waals surface area contributed by atoms with E-state index in [1.807, 2.05) is 18.2 Å². The number of hydrogen-bond acceptors (Lipinski definition) is 6. The number of nitrogens with one attached hydrogen (secondary N) is 1. The van der Waals surface area contributed by atoms with Crippen molar-refractivity contribution in [1.82, 2.24) is 9.88 Å². The molecular weight excluding hydrogens is 422 g/mol. The van der Waals surface area contributed by atoms with Crippen LogP contribution in [0.15, 0.2) is 60.8 Å². The summed E-state index contributed by atoms with van der Waals surface area (Å²) in [5.41, 5.74) is 2.46. The van der Waals surface area contributed by atoms with Gasteiger partial charge in [-0.15, -0.1) is 0 Å². The Hall–Kier alpha value is -4.07. The maximum atomic E-state index is 13.6. The minimum absolute atomic E-state index is 0.152. The first-order valence-electron chi connectivity index (χ1n) is 10.4. The summed E-state index contributed by atoms with van der Waals surface area (Å²) in [5, 5.41) is 2.94. The smallest absolute Gasteiger partial charge is 0.254 e. The predicted octanol–water partition coefficient (Wildman–Crippen LogP) is 3.66. The summed E-state index contributed by atoms with van der Waals surface area (Å²) in [6.07, 6.45) is 1.53. The van der Waals surface area contributed by atoms with E-state index in [0.717, 1.165) is 5.56 Å². The van der Waals surface area contributed by atoms with Gasteiger partial charge in [0.15, 0.2) is 11.5 Å². The number of fused-ring (bicyclic) bond motifs is 1. The summed E-state index contributed by atoms with van der Waals surface area (Å²) >= 11 is 0. The number of nitrogens with zero attached hydrogens (tertiary/aromatic N) is 2. The minimum atomic E-state index is -0.663. The molecule has 170 valence electrons. The molecule has 1 aliphatic rings. The Kier molecular flexibility index (Phi) is 6.17. The molecule has 1 N–H and O–H groups in total. The zero-order valence-electron chi connectivity index (χ0n) is 18.9. The van der Waals surface area contributed by atoms with Crippen molar-refractivity contribution in [3.05, 3.63) is 77.5 Å². The molecule has 2 aromatic carbocycles. The number of amides is 2. The number of methoxy groups -OCH3 is 3. The number of pyridine rings is 1. The second-order valence-electron chi connectivity index (χ2n) is 7.62. The van der Waals surface area contributed by atoms with E-state index in [4.69, 9.17) is 14.2 Å². The van der Waals surface area contributed by atoms with Crippen LogP contribution in [0.3, 0.4) is 0 Å². The molecule has 0 saturated heterocycles. The molecule has 0 saturated carbocycles. The quantitative estimate of drug-likeness (QED) is 0.620. The van der Waals surface area contributed by atoms with Gasteiger partial charge < -0.3 is 24.4 Å². The summed E-state index contributed by atoms with van der Waals surface area (Å²) in [7, 11) is 6.34. The maximum Gasteiger partial charge on any atom is 0.254 e. The fraction of sp³-hybridized carbons (Fsp3) is 0.240. The molecule has 33 heavy (non-hydrogen) atoms. The number of aromatic nitrogens is 1. The molecule has 1 aliphatic heterocycles. The first kappa shape index (κ1) is 22.1. The average Bonchev–Trinajstić information content (AvgIpc) is 2.86.